The first-order chi connectivity index (χ1) is 15.9. The summed E-state index contributed by atoms with van der Waals surface area (Å²) in [5.74, 6) is 0.878. The molecule has 0 saturated carbocycles. The smallest absolute Gasteiger partial charge is 0.278 e. The van der Waals surface area contributed by atoms with Crippen LogP contribution in [0.4, 0.5) is 10.1 Å². The van der Waals surface area contributed by atoms with Crippen LogP contribution >= 0.6 is 0 Å². The van der Waals surface area contributed by atoms with Gasteiger partial charge >= 0.3 is 0 Å². The van der Waals surface area contributed by atoms with Gasteiger partial charge in [0.1, 0.15) is 23.0 Å². The number of nitrogens with one attached hydrogen (secondary N) is 1. The number of benzene rings is 2. The highest BCUT2D eigenvalue weighted by Crippen LogP contribution is 2.31. The molecule has 33 heavy (non-hydrogen) atoms. The van der Waals surface area contributed by atoms with Crippen molar-refractivity contribution in [2.45, 2.75) is 34.2 Å². The van der Waals surface area contributed by atoms with E-state index in [0.717, 1.165) is 11.1 Å². The van der Waals surface area contributed by atoms with Crippen molar-refractivity contribution in [1.29, 1.82) is 0 Å². The molecule has 0 saturated heterocycles. The van der Waals surface area contributed by atoms with Gasteiger partial charge in [0.05, 0.1) is 24.4 Å². The van der Waals surface area contributed by atoms with Gasteiger partial charge < -0.3 is 14.5 Å². The molecule has 9 heteroatoms. The zero-order valence-corrected chi connectivity index (χ0v) is 18.8. The highest BCUT2D eigenvalue weighted by molar-refractivity contribution is 6.03. The van der Waals surface area contributed by atoms with Crippen LogP contribution in [0.25, 0.3) is 11.5 Å². The lowest BCUT2D eigenvalue weighted by Gasteiger charge is -2.07. The Labute approximate surface area is 190 Å². The zero-order chi connectivity index (χ0) is 23.5. The fraction of sp³-hybridized carbons (Fsp3) is 0.250. The summed E-state index contributed by atoms with van der Waals surface area (Å²) < 4.78 is 26.7. The van der Waals surface area contributed by atoms with Crippen LogP contribution in [0.5, 0.6) is 5.75 Å². The minimum Gasteiger partial charge on any atom is -0.493 e. The predicted octanol–water partition coefficient (Wildman–Crippen LogP) is 4.70. The number of nitrogens with zero attached hydrogens (tertiary/aromatic N) is 4. The van der Waals surface area contributed by atoms with Gasteiger partial charge in [-0.2, -0.15) is 0 Å². The molecule has 0 unspecified atom stereocenters. The number of para-hydroxylation sites is 1. The van der Waals surface area contributed by atoms with Crippen molar-refractivity contribution in [3.05, 3.63) is 76.7 Å². The summed E-state index contributed by atoms with van der Waals surface area (Å²) in [4.78, 5) is 17.3. The summed E-state index contributed by atoms with van der Waals surface area (Å²) in [6, 6.07) is 11.7. The van der Waals surface area contributed by atoms with E-state index in [1.54, 1.807) is 24.6 Å². The molecule has 0 aliphatic heterocycles. The number of hydrogen-bond donors (Lipinski definition) is 1. The van der Waals surface area contributed by atoms with Gasteiger partial charge in [0.25, 0.3) is 5.91 Å². The molecule has 1 amide bonds. The quantitative estimate of drug-likeness (QED) is 0.440. The second-order valence-electron chi connectivity index (χ2n) is 7.55. The highest BCUT2D eigenvalue weighted by Gasteiger charge is 2.20. The molecule has 0 aliphatic carbocycles. The fourth-order valence-corrected chi connectivity index (χ4v) is 3.39. The lowest BCUT2D eigenvalue weighted by Crippen LogP contribution is -2.15. The van der Waals surface area contributed by atoms with Gasteiger partial charge in [0.2, 0.25) is 5.89 Å². The number of carbonyl (C=O) groups excluding carboxylic acids is 1. The number of anilines is 1. The molecule has 2 heterocycles. The molecule has 8 nitrogen and oxygen atoms in total. The number of hydrogen-bond acceptors (Lipinski definition) is 6. The average Bonchev–Trinajstić information content (AvgIpc) is 3.34. The van der Waals surface area contributed by atoms with Crippen LogP contribution in [0.3, 0.4) is 0 Å². The number of ether oxygens (including phenoxy) is 1. The first-order valence-corrected chi connectivity index (χ1v) is 10.5. The topological polar surface area (TPSA) is 95.1 Å². The second-order valence-corrected chi connectivity index (χ2v) is 7.55. The molecule has 0 bridgehead atoms. The van der Waals surface area contributed by atoms with Crippen LogP contribution in [-0.2, 0) is 6.54 Å². The monoisotopic (exact) mass is 449 g/mol. The minimum atomic E-state index is -0.462. The Hall–Kier alpha value is -4.01. The molecule has 2 aromatic carbocycles. The van der Waals surface area contributed by atoms with E-state index in [0.29, 0.717) is 41.1 Å². The summed E-state index contributed by atoms with van der Waals surface area (Å²) in [7, 11) is 0. The Morgan fingerprint density at radius 2 is 1.97 bits per heavy atom. The largest absolute Gasteiger partial charge is 0.493 e. The Kier molecular flexibility index (Phi) is 6.21. The van der Waals surface area contributed by atoms with Gasteiger partial charge in [-0.05, 0) is 57.5 Å². The number of aryl methyl sites for hydroxylation is 2. The number of oxazole rings is 1. The maximum Gasteiger partial charge on any atom is 0.278 e. The molecule has 4 rings (SSSR count). The molecule has 0 atom stereocenters. The van der Waals surface area contributed by atoms with Gasteiger partial charge in [0.15, 0.2) is 5.69 Å². The molecular weight excluding hydrogens is 425 g/mol. The third kappa shape index (κ3) is 4.62. The maximum absolute atomic E-state index is 13.5. The van der Waals surface area contributed by atoms with E-state index in [9.17, 15) is 9.18 Å². The van der Waals surface area contributed by atoms with Crippen molar-refractivity contribution in [1.82, 2.24) is 20.0 Å². The summed E-state index contributed by atoms with van der Waals surface area (Å²) in [6.45, 7) is 8.07. The second kappa shape index (κ2) is 9.23. The third-order valence-corrected chi connectivity index (χ3v) is 5.25. The molecule has 0 radical (unpaired) electrons. The Morgan fingerprint density at radius 3 is 2.76 bits per heavy atom. The Bertz CT molecular complexity index is 1310. The minimum absolute atomic E-state index is 0.154. The number of carbonyl (C=O) groups is 1. The van der Waals surface area contributed by atoms with Crippen molar-refractivity contribution in [3.63, 3.8) is 0 Å². The summed E-state index contributed by atoms with van der Waals surface area (Å²) >= 11 is 0. The predicted molar refractivity (Wildman–Crippen MR) is 121 cm³/mol. The van der Waals surface area contributed by atoms with Crippen molar-refractivity contribution >= 4 is 11.6 Å². The van der Waals surface area contributed by atoms with Gasteiger partial charge in [-0.1, -0.05) is 23.4 Å². The molecule has 0 fully saturated rings. The van der Waals surface area contributed by atoms with Crippen LogP contribution in [-0.4, -0.2) is 32.5 Å². The van der Waals surface area contributed by atoms with Crippen molar-refractivity contribution in [2.24, 2.45) is 0 Å². The summed E-state index contributed by atoms with van der Waals surface area (Å²) in [5.41, 5.74) is 3.26. The highest BCUT2D eigenvalue weighted by atomic mass is 19.1. The van der Waals surface area contributed by atoms with E-state index in [1.165, 1.54) is 12.1 Å². The van der Waals surface area contributed by atoms with Gasteiger partial charge in [-0.3, -0.25) is 4.79 Å². The number of rotatable bonds is 7. The van der Waals surface area contributed by atoms with Crippen LogP contribution in [0.1, 0.15) is 40.1 Å². The maximum atomic E-state index is 13.5. The molecule has 2 aromatic heterocycles. The third-order valence-electron chi connectivity index (χ3n) is 5.25. The van der Waals surface area contributed by atoms with Crippen LogP contribution < -0.4 is 10.1 Å². The first-order valence-electron chi connectivity index (χ1n) is 10.5. The van der Waals surface area contributed by atoms with E-state index >= 15 is 0 Å². The van der Waals surface area contributed by atoms with Crippen molar-refractivity contribution in [2.75, 3.05) is 11.9 Å². The van der Waals surface area contributed by atoms with Crippen LogP contribution in [0, 0.1) is 26.6 Å². The Morgan fingerprint density at radius 1 is 1.18 bits per heavy atom. The first kappa shape index (κ1) is 22.2. The lowest BCUT2D eigenvalue weighted by atomic mass is 10.2. The van der Waals surface area contributed by atoms with E-state index in [2.05, 4.69) is 20.6 Å². The van der Waals surface area contributed by atoms with E-state index < -0.39 is 11.7 Å². The molecule has 0 aliphatic rings. The van der Waals surface area contributed by atoms with Crippen molar-refractivity contribution < 1.29 is 18.3 Å². The number of halogens is 1. The number of amides is 1. The SMILES string of the molecule is CCOc1ccccc1-c1nc(Cn2nnc(C(=O)Nc3cc(F)ccc3C)c2C)c(C)o1. The fourth-order valence-electron chi connectivity index (χ4n) is 3.39. The lowest BCUT2D eigenvalue weighted by molar-refractivity contribution is 0.102. The van der Waals surface area contributed by atoms with E-state index in [-0.39, 0.29) is 12.2 Å². The number of aromatic nitrogens is 4. The molecule has 4 aromatic rings. The summed E-state index contributed by atoms with van der Waals surface area (Å²) in [5, 5.41) is 10.8. The standard InChI is InChI=1S/C24H24FN5O3/c1-5-32-21-9-7-6-8-18(21)24-27-20(16(4)33-24)13-30-15(3)22(28-29-30)23(31)26-19-12-17(25)11-10-14(19)2/h6-12H,5,13H2,1-4H3,(H,26,31). The van der Waals surface area contributed by atoms with E-state index in [1.807, 2.05) is 38.1 Å². The van der Waals surface area contributed by atoms with Gasteiger partial charge in [0, 0.05) is 5.69 Å². The van der Waals surface area contributed by atoms with Gasteiger partial charge in [-0.25, -0.2) is 14.1 Å². The van der Waals surface area contributed by atoms with Crippen molar-refractivity contribution in [3.8, 4) is 17.2 Å². The van der Waals surface area contributed by atoms with Gasteiger partial charge in [-0.15, -0.1) is 5.10 Å². The average molecular weight is 449 g/mol. The molecule has 1 N–H and O–H groups in total. The normalized spacial score (nSPS) is 10.9. The van der Waals surface area contributed by atoms with E-state index in [4.69, 9.17) is 9.15 Å². The molecular formula is C24H24FN5O3. The van der Waals surface area contributed by atoms with Crippen LogP contribution in [0.2, 0.25) is 0 Å². The van der Waals surface area contributed by atoms with Crippen LogP contribution in [0.15, 0.2) is 46.9 Å². The molecule has 0 spiro atoms. The Balaban J connectivity index is 1.56. The summed E-state index contributed by atoms with van der Waals surface area (Å²) in [6.07, 6.45) is 0. The zero-order valence-electron chi connectivity index (χ0n) is 18.8. The molecule has 170 valence electrons.